The first-order valence-electron chi connectivity index (χ1n) is 7.95. The minimum absolute atomic E-state index is 0.862. The topological polar surface area (TPSA) is 44.0 Å². The van der Waals surface area contributed by atoms with Gasteiger partial charge in [-0.2, -0.15) is 0 Å². The van der Waals surface area contributed by atoms with Gasteiger partial charge in [-0.15, -0.1) is 0 Å². The van der Waals surface area contributed by atoms with Crippen LogP contribution in [0.1, 0.15) is 19.3 Å². The van der Waals surface area contributed by atoms with Crippen molar-refractivity contribution in [2.24, 2.45) is 0 Å². The van der Waals surface area contributed by atoms with E-state index in [0.717, 1.165) is 22.5 Å². The largest absolute Gasteiger partial charge is 0.372 e. The number of rotatable bonds is 3. The van der Waals surface area contributed by atoms with Crippen LogP contribution in [0.4, 0.5) is 17.2 Å². The van der Waals surface area contributed by atoms with Crippen molar-refractivity contribution in [1.82, 2.24) is 9.97 Å². The summed E-state index contributed by atoms with van der Waals surface area (Å²) >= 11 is 0. The van der Waals surface area contributed by atoms with E-state index in [1.165, 1.54) is 38.0 Å². The number of aromatic amines is 1. The number of anilines is 3. The number of hydrogen-bond donors (Lipinski definition) is 2. The first-order valence-corrected chi connectivity index (χ1v) is 7.95. The van der Waals surface area contributed by atoms with Gasteiger partial charge in [-0.3, -0.25) is 0 Å². The van der Waals surface area contributed by atoms with Crippen LogP contribution >= 0.6 is 0 Å². The average molecular weight is 292 g/mol. The van der Waals surface area contributed by atoms with Crippen LogP contribution in [0, 0.1) is 0 Å². The highest BCUT2D eigenvalue weighted by atomic mass is 15.1. The molecular formula is C18H20N4. The molecule has 1 aliphatic rings. The molecule has 1 aromatic carbocycles. The third-order valence-corrected chi connectivity index (χ3v) is 4.27. The highest BCUT2D eigenvalue weighted by Gasteiger charge is 2.10. The predicted molar refractivity (Wildman–Crippen MR) is 91.9 cm³/mol. The Morgan fingerprint density at radius 3 is 2.55 bits per heavy atom. The molecule has 1 aliphatic heterocycles. The summed E-state index contributed by atoms with van der Waals surface area (Å²) in [4.78, 5) is 10.2. The zero-order valence-corrected chi connectivity index (χ0v) is 12.5. The zero-order chi connectivity index (χ0) is 14.8. The van der Waals surface area contributed by atoms with Crippen LogP contribution in [0.25, 0.3) is 11.0 Å². The van der Waals surface area contributed by atoms with Gasteiger partial charge in [0.15, 0.2) is 0 Å². The van der Waals surface area contributed by atoms with E-state index in [2.05, 4.69) is 50.5 Å². The number of H-pyrrole nitrogens is 1. The highest BCUT2D eigenvalue weighted by molar-refractivity contribution is 5.78. The normalized spacial score (nSPS) is 15.2. The number of fused-ring (bicyclic) bond motifs is 1. The van der Waals surface area contributed by atoms with E-state index in [9.17, 15) is 0 Å². The van der Waals surface area contributed by atoms with Crippen LogP contribution in [0.5, 0.6) is 0 Å². The number of hydrogen-bond acceptors (Lipinski definition) is 3. The molecule has 0 aliphatic carbocycles. The SMILES string of the molecule is c1cc2ccc(Nc3ccc(N4CCCCC4)cc3)nc2[nH]1. The van der Waals surface area contributed by atoms with Crippen molar-refractivity contribution < 1.29 is 0 Å². The lowest BCUT2D eigenvalue weighted by Gasteiger charge is -2.28. The molecule has 0 bridgehead atoms. The van der Waals surface area contributed by atoms with Crippen molar-refractivity contribution in [3.63, 3.8) is 0 Å². The molecule has 4 rings (SSSR count). The molecule has 2 aromatic heterocycles. The average Bonchev–Trinajstić information content (AvgIpc) is 3.04. The van der Waals surface area contributed by atoms with Crippen LogP contribution in [0.15, 0.2) is 48.7 Å². The van der Waals surface area contributed by atoms with E-state index in [-0.39, 0.29) is 0 Å². The molecule has 0 radical (unpaired) electrons. The van der Waals surface area contributed by atoms with Crippen molar-refractivity contribution in [1.29, 1.82) is 0 Å². The lowest BCUT2D eigenvalue weighted by atomic mass is 10.1. The highest BCUT2D eigenvalue weighted by Crippen LogP contribution is 2.23. The van der Waals surface area contributed by atoms with E-state index < -0.39 is 0 Å². The van der Waals surface area contributed by atoms with Gasteiger partial charge < -0.3 is 15.2 Å². The number of nitrogens with zero attached hydrogens (tertiary/aromatic N) is 2. The van der Waals surface area contributed by atoms with E-state index in [4.69, 9.17) is 0 Å². The fourth-order valence-electron chi connectivity index (χ4n) is 3.06. The van der Waals surface area contributed by atoms with Crippen molar-refractivity contribution in [3.05, 3.63) is 48.7 Å². The summed E-state index contributed by atoms with van der Waals surface area (Å²) in [5, 5.41) is 4.50. The van der Waals surface area contributed by atoms with E-state index >= 15 is 0 Å². The number of piperidine rings is 1. The summed E-state index contributed by atoms with van der Waals surface area (Å²) in [5.41, 5.74) is 3.30. The maximum atomic E-state index is 4.57. The smallest absolute Gasteiger partial charge is 0.139 e. The van der Waals surface area contributed by atoms with Gasteiger partial charge >= 0.3 is 0 Å². The van der Waals surface area contributed by atoms with Gasteiger partial charge in [0.25, 0.3) is 0 Å². The van der Waals surface area contributed by atoms with E-state index in [0.29, 0.717) is 0 Å². The van der Waals surface area contributed by atoms with Crippen LogP contribution < -0.4 is 10.2 Å². The Kier molecular flexibility index (Phi) is 3.43. The first kappa shape index (κ1) is 13.2. The molecule has 1 saturated heterocycles. The summed E-state index contributed by atoms with van der Waals surface area (Å²) < 4.78 is 0. The second-order valence-corrected chi connectivity index (χ2v) is 5.83. The zero-order valence-electron chi connectivity index (χ0n) is 12.5. The Labute approximate surface area is 130 Å². The molecule has 2 N–H and O–H groups in total. The molecule has 0 spiro atoms. The molecule has 112 valence electrons. The monoisotopic (exact) mass is 292 g/mol. The molecule has 4 heteroatoms. The van der Waals surface area contributed by atoms with E-state index in [1.54, 1.807) is 0 Å². The van der Waals surface area contributed by atoms with Gasteiger partial charge in [-0.25, -0.2) is 4.98 Å². The maximum absolute atomic E-state index is 4.57. The number of pyridine rings is 1. The van der Waals surface area contributed by atoms with Crippen molar-refractivity contribution in [2.45, 2.75) is 19.3 Å². The molecular weight excluding hydrogens is 272 g/mol. The Bertz CT molecular complexity index is 754. The number of benzene rings is 1. The van der Waals surface area contributed by atoms with Gasteiger partial charge in [-0.1, -0.05) is 0 Å². The molecule has 22 heavy (non-hydrogen) atoms. The fraction of sp³-hybridized carbons (Fsp3) is 0.278. The van der Waals surface area contributed by atoms with Crippen LogP contribution in [0.3, 0.4) is 0 Å². The van der Waals surface area contributed by atoms with Crippen molar-refractivity contribution >= 4 is 28.2 Å². The fourth-order valence-corrected chi connectivity index (χ4v) is 3.06. The molecule has 0 saturated carbocycles. The number of aromatic nitrogens is 2. The summed E-state index contributed by atoms with van der Waals surface area (Å²) in [5.74, 6) is 0.862. The Balaban J connectivity index is 1.50. The summed E-state index contributed by atoms with van der Waals surface area (Å²) in [7, 11) is 0. The second kappa shape index (κ2) is 5.72. The van der Waals surface area contributed by atoms with Crippen molar-refractivity contribution in [2.75, 3.05) is 23.3 Å². The Morgan fingerprint density at radius 1 is 0.909 bits per heavy atom. The minimum Gasteiger partial charge on any atom is -0.372 e. The lowest BCUT2D eigenvalue weighted by molar-refractivity contribution is 0.578. The third-order valence-electron chi connectivity index (χ3n) is 4.27. The molecule has 0 unspecified atom stereocenters. The Morgan fingerprint density at radius 2 is 1.73 bits per heavy atom. The van der Waals surface area contributed by atoms with Gasteiger partial charge in [-0.05, 0) is 61.7 Å². The molecule has 0 atom stereocenters. The standard InChI is InChI=1S/C18H20N4/c1-2-12-22(13-3-1)16-7-5-15(6-8-16)20-17-9-4-14-10-11-19-18(14)21-17/h4-11H,1-3,12-13H2,(H2,19,20,21). The Hall–Kier alpha value is -2.49. The summed E-state index contributed by atoms with van der Waals surface area (Å²) in [6.45, 7) is 2.36. The summed E-state index contributed by atoms with van der Waals surface area (Å²) in [6, 6.07) is 14.8. The van der Waals surface area contributed by atoms with Gasteiger partial charge in [0.1, 0.15) is 11.5 Å². The lowest BCUT2D eigenvalue weighted by Crippen LogP contribution is -2.29. The maximum Gasteiger partial charge on any atom is 0.139 e. The van der Waals surface area contributed by atoms with Gasteiger partial charge in [0, 0.05) is 36.0 Å². The van der Waals surface area contributed by atoms with E-state index in [1.807, 2.05) is 18.3 Å². The second-order valence-electron chi connectivity index (χ2n) is 5.83. The van der Waals surface area contributed by atoms with Crippen LogP contribution in [-0.2, 0) is 0 Å². The molecule has 3 heterocycles. The predicted octanol–water partition coefficient (Wildman–Crippen LogP) is 4.30. The van der Waals surface area contributed by atoms with Gasteiger partial charge in [0.05, 0.1) is 0 Å². The number of nitrogens with one attached hydrogen (secondary N) is 2. The van der Waals surface area contributed by atoms with Crippen LogP contribution in [-0.4, -0.2) is 23.1 Å². The summed E-state index contributed by atoms with van der Waals surface area (Å²) in [6.07, 6.45) is 5.89. The molecule has 0 amide bonds. The van der Waals surface area contributed by atoms with Gasteiger partial charge in [0.2, 0.25) is 0 Å². The molecule has 4 nitrogen and oxygen atoms in total. The quantitative estimate of drug-likeness (QED) is 0.756. The molecule has 3 aromatic rings. The molecule has 1 fully saturated rings. The first-order chi connectivity index (χ1) is 10.9. The minimum atomic E-state index is 0.862. The van der Waals surface area contributed by atoms with Crippen molar-refractivity contribution in [3.8, 4) is 0 Å². The third kappa shape index (κ3) is 2.64. The van der Waals surface area contributed by atoms with Crippen LogP contribution in [0.2, 0.25) is 0 Å².